The third-order valence-electron chi connectivity index (χ3n) is 4.86. The molecule has 1 atom stereocenters. The Morgan fingerprint density at radius 1 is 1.22 bits per heavy atom. The number of nitrogens with zero attached hydrogens (tertiary/aromatic N) is 1. The molecular formula is C17H26ClN3OS+2. The fraction of sp³-hybridized carbons (Fsp3) is 0.588. The minimum atomic E-state index is 0.159. The van der Waals surface area contributed by atoms with Gasteiger partial charge < -0.3 is 14.7 Å². The summed E-state index contributed by atoms with van der Waals surface area (Å²) in [5.41, 5.74) is 1.18. The number of quaternary nitrogens is 2. The third-order valence-corrected chi connectivity index (χ3v) is 6.37. The van der Waals surface area contributed by atoms with Gasteiger partial charge in [0.1, 0.15) is 31.6 Å². The van der Waals surface area contributed by atoms with E-state index in [9.17, 15) is 4.79 Å². The molecule has 2 heterocycles. The average Bonchev–Trinajstić information content (AvgIpc) is 2.91. The second-order valence-corrected chi connectivity index (χ2v) is 8.12. The number of piperazine rings is 1. The molecule has 0 saturated carbocycles. The first-order valence-electron chi connectivity index (χ1n) is 8.45. The molecule has 4 nitrogen and oxygen atoms in total. The monoisotopic (exact) mass is 355 g/mol. The van der Waals surface area contributed by atoms with Gasteiger partial charge in [0.2, 0.25) is 5.91 Å². The highest BCUT2D eigenvalue weighted by Crippen LogP contribution is 2.38. The van der Waals surface area contributed by atoms with Gasteiger partial charge in [-0.25, -0.2) is 0 Å². The third kappa shape index (κ3) is 4.41. The summed E-state index contributed by atoms with van der Waals surface area (Å²) in [7, 11) is 2.27. The van der Waals surface area contributed by atoms with Crippen LogP contribution in [0, 0.1) is 0 Å². The van der Waals surface area contributed by atoms with Crippen LogP contribution >= 0.6 is 23.4 Å². The second-order valence-electron chi connectivity index (χ2n) is 6.61. The van der Waals surface area contributed by atoms with Crippen molar-refractivity contribution in [1.82, 2.24) is 4.90 Å². The smallest absolute Gasteiger partial charge is 0.233 e. The van der Waals surface area contributed by atoms with Crippen LogP contribution in [0.15, 0.2) is 24.3 Å². The van der Waals surface area contributed by atoms with Gasteiger partial charge in [0.05, 0.1) is 19.3 Å². The molecule has 2 aliphatic heterocycles. The van der Waals surface area contributed by atoms with E-state index in [4.69, 9.17) is 11.6 Å². The number of thioether (sulfide) groups is 1. The number of benzene rings is 1. The summed E-state index contributed by atoms with van der Waals surface area (Å²) >= 11 is 7.70. The van der Waals surface area contributed by atoms with Crippen molar-refractivity contribution in [2.24, 2.45) is 0 Å². The number of amides is 1. The molecular weight excluding hydrogens is 330 g/mol. The first-order chi connectivity index (χ1) is 11.1. The molecule has 0 aromatic heterocycles. The maximum Gasteiger partial charge on any atom is 0.233 e. The van der Waals surface area contributed by atoms with Crippen molar-refractivity contribution in [3.05, 3.63) is 34.9 Å². The Hall–Kier alpha value is -0.750. The van der Waals surface area contributed by atoms with E-state index in [1.54, 1.807) is 21.6 Å². The van der Waals surface area contributed by atoms with Crippen molar-refractivity contribution in [1.29, 1.82) is 0 Å². The summed E-state index contributed by atoms with van der Waals surface area (Å²) in [5.74, 6) is 0.866. The Labute approximate surface area is 147 Å². The fourth-order valence-electron chi connectivity index (χ4n) is 3.38. The van der Waals surface area contributed by atoms with Crippen LogP contribution in [0.2, 0.25) is 5.02 Å². The molecule has 0 radical (unpaired) electrons. The van der Waals surface area contributed by atoms with Crippen LogP contribution in [0.5, 0.6) is 0 Å². The Balaban J connectivity index is 1.52. The Morgan fingerprint density at radius 3 is 2.61 bits per heavy atom. The molecule has 3 rings (SSSR count). The molecule has 0 bridgehead atoms. The zero-order chi connectivity index (χ0) is 16.2. The van der Waals surface area contributed by atoms with Gasteiger partial charge in [-0.15, -0.1) is 11.8 Å². The summed E-state index contributed by atoms with van der Waals surface area (Å²) in [6.45, 7) is 7.09. The van der Waals surface area contributed by atoms with Crippen molar-refractivity contribution in [3.63, 3.8) is 0 Å². The molecule has 0 aliphatic carbocycles. The number of halogens is 1. The van der Waals surface area contributed by atoms with E-state index in [-0.39, 0.29) is 11.3 Å². The SMILES string of the molecule is C[NH+]1CC[NH+](CCCN2C(=O)CS[C@@H]2c2ccc(Cl)cc2)CC1. The van der Waals surface area contributed by atoms with Crippen LogP contribution in [0.4, 0.5) is 0 Å². The Kier molecular flexibility index (Phi) is 5.85. The number of likely N-dealkylation sites (N-methyl/N-ethyl adjacent to an activating group) is 1. The molecule has 2 aliphatic rings. The lowest BCUT2D eigenvalue weighted by molar-refractivity contribution is -1.00. The lowest BCUT2D eigenvalue weighted by Gasteiger charge is -2.29. The van der Waals surface area contributed by atoms with E-state index in [0.29, 0.717) is 5.75 Å². The standard InChI is InChI=1S/C17H24ClN3OS/c1-19-9-11-20(12-10-19)7-2-8-21-16(22)13-23-17(21)14-3-5-15(18)6-4-14/h3-6,17H,2,7-13H2,1H3/p+2/t17-/m1/s1. The van der Waals surface area contributed by atoms with Gasteiger partial charge in [-0.1, -0.05) is 23.7 Å². The van der Waals surface area contributed by atoms with Crippen LogP contribution in [0.1, 0.15) is 17.4 Å². The van der Waals surface area contributed by atoms with Crippen molar-refractivity contribution >= 4 is 29.3 Å². The number of rotatable bonds is 5. The molecule has 126 valence electrons. The predicted molar refractivity (Wildman–Crippen MR) is 95.2 cm³/mol. The van der Waals surface area contributed by atoms with Gasteiger partial charge in [0.15, 0.2) is 0 Å². The highest BCUT2D eigenvalue weighted by atomic mass is 35.5. The first kappa shape index (κ1) is 17.1. The number of nitrogens with one attached hydrogen (secondary N) is 2. The lowest BCUT2D eigenvalue weighted by Crippen LogP contribution is -3.27. The lowest BCUT2D eigenvalue weighted by atomic mass is 10.2. The van der Waals surface area contributed by atoms with Gasteiger partial charge in [0.25, 0.3) is 0 Å². The summed E-state index contributed by atoms with van der Waals surface area (Å²) in [6, 6.07) is 7.91. The van der Waals surface area contributed by atoms with Crippen LogP contribution in [0.3, 0.4) is 0 Å². The molecule has 6 heteroatoms. The number of carbonyl (C=O) groups excluding carboxylic acids is 1. The van der Waals surface area contributed by atoms with Crippen molar-refractivity contribution in [2.75, 3.05) is 52.1 Å². The highest BCUT2D eigenvalue weighted by molar-refractivity contribution is 8.00. The largest absolute Gasteiger partial charge is 0.328 e. The van der Waals surface area contributed by atoms with Crippen molar-refractivity contribution in [3.8, 4) is 0 Å². The Bertz CT molecular complexity index is 531. The van der Waals surface area contributed by atoms with Gasteiger partial charge in [-0.2, -0.15) is 0 Å². The van der Waals surface area contributed by atoms with Crippen LogP contribution in [-0.2, 0) is 4.79 Å². The molecule has 2 fully saturated rings. The normalized spacial score (nSPS) is 28.3. The first-order valence-corrected chi connectivity index (χ1v) is 9.87. The fourth-order valence-corrected chi connectivity index (χ4v) is 4.72. The zero-order valence-electron chi connectivity index (χ0n) is 13.7. The van der Waals surface area contributed by atoms with Crippen molar-refractivity contribution < 1.29 is 14.6 Å². The molecule has 0 unspecified atom stereocenters. The summed E-state index contributed by atoms with van der Waals surface area (Å²) in [4.78, 5) is 17.6. The van der Waals surface area contributed by atoms with Crippen LogP contribution in [0.25, 0.3) is 0 Å². The van der Waals surface area contributed by atoms with Gasteiger partial charge >= 0.3 is 0 Å². The maximum absolute atomic E-state index is 12.2. The quantitative estimate of drug-likeness (QED) is 0.760. The Morgan fingerprint density at radius 2 is 1.91 bits per heavy atom. The molecule has 0 spiro atoms. The predicted octanol–water partition coefficient (Wildman–Crippen LogP) is -0.283. The zero-order valence-corrected chi connectivity index (χ0v) is 15.3. The number of hydrogen-bond acceptors (Lipinski definition) is 2. The van der Waals surface area contributed by atoms with Gasteiger partial charge in [-0.05, 0) is 17.7 Å². The van der Waals surface area contributed by atoms with Crippen molar-refractivity contribution in [2.45, 2.75) is 11.8 Å². The molecule has 23 heavy (non-hydrogen) atoms. The van der Waals surface area contributed by atoms with Gasteiger partial charge in [-0.3, -0.25) is 4.79 Å². The number of carbonyl (C=O) groups is 1. The molecule has 2 N–H and O–H groups in total. The average molecular weight is 356 g/mol. The molecule has 1 aromatic carbocycles. The molecule has 2 saturated heterocycles. The van der Waals surface area contributed by atoms with Gasteiger partial charge in [0, 0.05) is 18.0 Å². The summed E-state index contributed by atoms with van der Waals surface area (Å²) in [5, 5.41) is 0.905. The maximum atomic E-state index is 12.2. The second kappa shape index (κ2) is 7.88. The molecule has 1 aromatic rings. The molecule has 1 amide bonds. The van der Waals surface area contributed by atoms with E-state index in [1.807, 2.05) is 24.3 Å². The van der Waals surface area contributed by atoms with E-state index in [1.165, 1.54) is 38.3 Å². The number of hydrogen-bond donors (Lipinski definition) is 2. The van der Waals surface area contributed by atoms with E-state index in [2.05, 4.69) is 11.9 Å². The topological polar surface area (TPSA) is 29.2 Å². The minimum Gasteiger partial charge on any atom is -0.328 e. The highest BCUT2D eigenvalue weighted by Gasteiger charge is 2.32. The minimum absolute atomic E-state index is 0.159. The summed E-state index contributed by atoms with van der Waals surface area (Å²) in [6.07, 6.45) is 1.09. The van der Waals surface area contributed by atoms with E-state index >= 15 is 0 Å². The van der Waals surface area contributed by atoms with E-state index in [0.717, 1.165) is 18.0 Å². The van der Waals surface area contributed by atoms with Crippen LogP contribution < -0.4 is 9.80 Å². The van der Waals surface area contributed by atoms with E-state index < -0.39 is 0 Å². The summed E-state index contributed by atoms with van der Waals surface area (Å²) < 4.78 is 0. The van der Waals surface area contributed by atoms with Crippen LogP contribution in [-0.4, -0.2) is 62.9 Å².